The fraction of sp³-hybridized carbons (Fsp3) is 0.250. The summed E-state index contributed by atoms with van der Waals surface area (Å²) in [6.07, 6.45) is 3.42. The summed E-state index contributed by atoms with van der Waals surface area (Å²) in [4.78, 5) is 16.0. The van der Waals surface area contributed by atoms with Crippen molar-refractivity contribution in [3.05, 3.63) is 58.9 Å². The van der Waals surface area contributed by atoms with E-state index in [1.165, 1.54) is 0 Å². The Morgan fingerprint density at radius 1 is 1.29 bits per heavy atom. The number of carbonyl (C=O) groups is 1. The molecular weight excluding hydrogens is 288 g/mol. The molecule has 0 aliphatic carbocycles. The van der Waals surface area contributed by atoms with Crippen LogP contribution in [0.4, 0.5) is 0 Å². The summed E-state index contributed by atoms with van der Waals surface area (Å²) in [5.74, 6) is 0.405. The fourth-order valence-corrected chi connectivity index (χ4v) is 2.00. The maximum absolute atomic E-state index is 12.1. The molecule has 0 fully saturated rings. The van der Waals surface area contributed by atoms with Crippen LogP contribution in [0, 0.1) is 0 Å². The minimum atomic E-state index is -0.176. The Balaban J connectivity index is 2.01. The number of aromatic nitrogens is 1. The number of hydrogen-bond donors (Lipinski definition) is 1. The lowest BCUT2D eigenvalue weighted by molar-refractivity contribution is 0.0951. The zero-order valence-electron chi connectivity index (χ0n) is 12.0. The number of nitrogens with zero attached hydrogens (tertiary/aromatic N) is 1. The van der Waals surface area contributed by atoms with Gasteiger partial charge in [0.1, 0.15) is 5.75 Å². The number of benzene rings is 1. The number of hydrogen-bond acceptors (Lipinski definition) is 3. The molecule has 21 heavy (non-hydrogen) atoms. The van der Waals surface area contributed by atoms with Crippen LogP contribution in [0.3, 0.4) is 0 Å². The molecule has 0 bridgehead atoms. The van der Waals surface area contributed by atoms with E-state index in [4.69, 9.17) is 16.3 Å². The van der Waals surface area contributed by atoms with Crippen LogP contribution in [-0.2, 0) is 6.54 Å². The molecule has 0 saturated carbocycles. The highest BCUT2D eigenvalue weighted by Crippen LogP contribution is 2.26. The van der Waals surface area contributed by atoms with E-state index in [0.29, 0.717) is 22.9 Å². The molecule has 0 unspecified atom stereocenters. The lowest BCUT2D eigenvalue weighted by Gasteiger charge is -2.12. The highest BCUT2D eigenvalue weighted by atomic mass is 35.5. The Kier molecular flexibility index (Phi) is 5.17. The van der Waals surface area contributed by atoms with Crippen LogP contribution in [0.2, 0.25) is 5.02 Å². The van der Waals surface area contributed by atoms with Crippen molar-refractivity contribution in [3.63, 3.8) is 0 Å². The largest absolute Gasteiger partial charge is 0.489 e. The van der Waals surface area contributed by atoms with Crippen LogP contribution in [0.15, 0.2) is 42.7 Å². The third-order valence-corrected chi connectivity index (χ3v) is 3.05. The normalized spacial score (nSPS) is 10.5. The number of ether oxygens (including phenoxy) is 1. The number of carbonyl (C=O) groups excluding carboxylic acids is 1. The predicted molar refractivity (Wildman–Crippen MR) is 82.6 cm³/mol. The molecule has 0 aliphatic rings. The number of nitrogens with one attached hydrogen (secondary N) is 1. The van der Waals surface area contributed by atoms with Crippen molar-refractivity contribution in [2.45, 2.75) is 26.5 Å². The Morgan fingerprint density at radius 3 is 2.62 bits per heavy atom. The van der Waals surface area contributed by atoms with Gasteiger partial charge in [-0.3, -0.25) is 9.78 Å². The standard InChI is InChI=1S/C16H17ClN2O2/c1-11(2)21-15-4-3-13(9-14(15)17)16(20)19-10-12-5-7-18-8-6-12/h3-9,11H,10H2,1-2H3,(H,19,20). The van der Waals surface area contributed by atoms with E-state index in [2.05, 4.69) is 10.3 Å². The smallest absolute Gasteiger partial charge is 0.251 e. The minimum Gasteiger partial charge on any atom is -0.489 e. The van der Waals surface area contributed by atoms with E-state index >= 15 is 0 Å². The second-order valence-corrected chi connectivity index (χ2v) is 5.26. The molecular formula is C16H17ClN2O2. The van der Waals surface area contributed by atoms with Gasteiger partial charge in [-0.05, 0) is 49.7 Å². The molecule has 0 spiro atoms. The molecule has 2 aromatic rings. The SMILES string of the molecule is CC(C)Oc1ccc(C(=O)NCc2ccncc2)cc1Cl. The minimum absolute atomic E-state index is 0.0360. The van der Waals surface area contributed by atoms with Gasteiger partial charge < -0.3 is 10.1 Å². The van der Waals surface area contributed by atoms with E-state index in [9.17, 15) is 4.79 Å². The predicted octanol–water partition coefficient (Wildman–Crippen LogP) is 3.45. The molecule has 110 valence electrons. The van der Waals surface area contributed by atoms with E-state index in [-0.39, 0.29) is 12.0 Å². The van der Waals surface area contributed by atoms with Gasteiger partial charge >= 0.3 is 0 Å². The first kappa shape index (κ1) is 15.3. The summed E-state index contributed by atoms with van der Waals surface area (Å²) < 4.78 is 5.54. The Hall–Kier alpha value is -2.07. The van der Waals surface area contributed by atoms with Crippen molar-refractivity contribution >= 4 is 17.5 Å². The third kappa shape index (κ3) is 4.46. The molecule has 2 rings (SSSR count). The maximum Gasteiger partial charge on any atom is 0.251 e. The van der Waals surface area contributed by atoms with Gasteiger partial charge in [0.05, 0.1) is 11.1 Å². The monoisotopic (exact) mass is 304 g/mol. The van der Waals surface area contributed by atoms with Crippen LogP contribution in [0.5, 0.6) is 5.75 Å². The summed E-state index contributed by atoms with van der Waals surface area (Å²) in [5.41, 5.74) is 1.49. The average Bonchev–Trinajstić information content (AvgIpc) is 2.47. The van der Waals surface area contributed by atoms with Gasteiger partial charge in [-0.25, -0.2) is 0 Å². The zero-order chi connectivity index (χ0) is 15.2. The maximum atomic E-state index is 12.1. The summed E-state index contributed by atoms with van der Waals surface area (Å²) in [6, 6.07) is 8.73. The highest BCUT2D eigenvalue weighted by molar-refractivity contribution is 6.32. The first-order valence-corrected chi connectivity index (χ1v) is 7.07. The number of pyridine rings is 1. The van der Waals surface area contributed by atoms with Crippen LogP contribution in [0.1, 0.15) is 29.8 Å². The van der Waals surface area contributed by atoms with Gasteiger partial charge in [0.25, 0.3) is 5.91 Å². The Labute approximate surface area is 129 Å². The molecule has 1 aromatic carbocycles. The molecule has 4 nitrogen and oxygen atoms in total. The molecule has 0 aliphatic heterocycles. The first-order valence-electron chi connectivity index (χ1n) is 6.69. The van der Waals surface area contributed by atoms with Gasteiger partial charge in [-0.15, -0.1) is 0 Å². The van der Waals surface area contributed by atoms with Crippen LogP contribution in [0.25, 0.3) is 0 Å². The number of amides is 1. The van der Waals surface area contributed by atoms with Crippen LogP contribution in [-0.4, -0.2) is 17.0 Å². The number of rotatable bonds is 5. The van der Waals surface area contributed by atoms with Crippen molar-refractivity contribution in [1.29, 1.82) is 0 Å². The van der Waals surface area contributed by atoms with Crippen molar-refractivity contribution < 1.29 is 9.53 Å². The molecule has 1 amide bonds. The number of halogens is 1. The van der Waals surface area contributed by atoms with E-state index in [1.807, 2.05) is 26.0 Å². The molecule has 1 aromatic heterocycles. The van der Waals surface area contributed by atoms with E-state index < -0.39 is 0 Å². The van der Waals surface area contributed by atoms with Crippen LogP contribution >= 0.6 is 11.6 Å². The van der Waals surface area contributed by atoms with Crippen LogP contribution < -0.4 is 10.1 Å². The van der Waals surface area contributed by atoms with Gasteiger partial charge in [0, 0.05) is 24.5 Å². The zero-order valence-corrected chi connectivity index (χ0v) is 12.7. The van der Waals surface area contributed by atoms with Gasteiger partial charge in [-0.2, -0.15) is 0 Å². The summed E-state index contributed by atoms with van der Waals surface area (Å²) in [6.45, 7) is 4.29. The van der Waals surface area contributed by atoms with Gasteiger partial charge in [-0.1, -0.05) is 11.6 Å². The first-order chi connectivity index (χ1) is 10.1. The molecule has 0 saturated heterocycles. The topological polar surface area (TPSA) is 51.2 Å². The van der Waals surface area contributed by atoms with Crippen molar-refractivity contribution in [1.82, 2.24) is 10.3 Å². The lowest BCUT2D eigenvalue weighted by Crippen LogP contribution is -2.22. The second-order valence-electron chi connectivity index (χ2n) is 4.85. The van der Waals surface area contributed by atoms with Crippen molar-refractivity contribution in [2.75, 3.05) is 0 Å². The van der Waals surface area contributed by atoms with Crippen molar-refractivity contribution in [2.24, 2.45) is 0 Å². The molecule has 0 radical (unpaired) electrons. The summed E-state index contributed by atoms with van der Waals surface area (Å²) >= 11 is 6.12. The average molecular weight is 305 g/mol. The summed E-state index contributed by atoms with van der Waals surface area (Å²) in [7, 11) is 0. The van der Waals surface area contributed by atoms with E-state index in [1.54, 1.807) is 30.6 Å². The summed E-state index contributed by atoms with van der Waals surface area (Å²) in [5, 5.41) is 3.27. The quantitative estimate of drug-likeness (QED) is 0.920. The molecule has 0 atom stereocenters. The fourth-order valence-electron chi connectivity index (χ4n) is 1.78. The Bertz CT molecular complexity index is 615. The van der Waals surface area contributed by atoms with Gasteiger partial charge in [0.15, 0.2) is 0 Å². The third-order valence-electron chi connectivity index (χ3n) is 2.76. The Morgan fingerprint density at radius 2 is 2.00 bits per heavy atom. The molecule has 1 heterocycles. The lowest BCUT2D eigenvalue weighted by atomic mass is 10.2. The highest BCUT2D eigenvalue weighted by Gasteiger charge is 2.10. The van der Waals surface area contributed by atoms with Crippen molar-refractivity contribution in [3.8, 4) is 5.75 Å². The van der Waals surface area contributed by atoms with E-state index in [0.717, 1.165) is 5.56 Å². The molecule has 1 N–H and O–H groups in total. The molecule has 5 heteroatoms. The second kappa shape index (κ2) is 7.09. The van der Waals surface area contributed by atoms with Gasteiger partial charge in [0.2, 0.25) is 0 Å².